The van der Waals surface area contributed by atoms with Gasteiger partial charge in [-0.2, -0.15) is 0 Å². The van der Waals surface area contributed by atoms with Gasteiger partial charge in [-0.05, 0) is 0 Å². The number of hydrogen-bond acceptors (Lipinski definition) is 2. The summed E-state index contributed by atoms with van der Waals surface area (Å²) in [5.74, 6) is 1.04. The van der Waals surface area contributed by atoms with E-state index in [1.807, 2.05) is 14.0 Å². The molecule has 3 nitrogen and oxygen atoms in total. The first kappa shape index (κ1) is 6.71. The number of hydrogen-bond donors (Lipinski definition) is 1. The number of aliphatic imine (C=N–C) groups is 1. The summed E-state index contributed by atoms with van der Waals surface area (Å²) < 4.78 is 0.611. The van der Waals surface area contributed by atoms with Crippen molar-refractivity contribution in [2.45, 2.75) is 6.92 Å². The standard InChI is InChI=1S/C6H13N2O/c1-6-7-3-4-8(6,2)5-9/h9H,3-5H2,1-2H3/q+1. The molecule has 3 heteroatoms. The molecule has 0 fully saturated rings. The van der Waals surface area contributed by atoms with E-state index in [-0.39, 0.29) is 6.73 Å². The molecule has 1 unspecified atom stereocenters. The number of quaternary nitrogens is 1. The van der Waals surface area contributed by atoms with Gasteiger partial charge < -0.3 is 5.11 Å². The Kier molecular flexibility index (Phi) is 1.55. The van der Waals surface area contributed by atoms with Crippen LogP contribution in [0.15, 0.2) is 4.99 Å². The van der Waals surface area contributed by atoms with Crippen LogP contribution >= 0.6 is 0 Å². The number of amidine groups is 1. The van der Waals surface area contributed by atoms with Gasteiger partial charge in [0.1, 0.15) is 6.54 Å². The summed E-state index contributed by atoms with van der Waals surface area (Å²) in [7, 11) is 1.99. The van der Waals surface area contributed by atoms with Crippen molar-refractivity contribution in [2.75, 3.05) is 26.9 Å². The summed E-state index contributed by atoms with van der Waals surface area (Å²) in [6.45, 7) is 3.95. The van der Waals surface area contributed by atoms with E-state index in [0.717, 1.165) is 18.9 Å². The van der Waals surface area contributed by atoms with E-state index in [1.165, 1.54) is 0 Å². The van der Waals surface area contributed by atoms with E-state index in [4.69, 9.17) is 5.11 Å². The number of aliphatic hydroxyl groups is 1. The highest BCUT2D eigenvalue weighted by Gasteiger charge is 2.28. The highest BCUT2D eigenvalue weighted by atomic mass is 16.3. The van der Waals surface area contributed by atoms with E-state index in [1.54, 1.807) is 0 Å². The van der Waals surface area contributed by atoms with E-state index < -0.39 is 0 Å². The summed E-state index contributed by atoms with van der Waals surface area (Å²) in [6.07, 6.45) is 0. The van der Waals surface area contributed by atoms with Crippen molar-refractivity contribution in [2.24, 2.45) is 4.99 Å². The number of likely N-dealkylation sites (N-methyl/N-ethyl adjacent to an activating group) is 1. The zero-order valence-corrected chi connectivity index (χ0v) is 5.96. The Hall–Kier alpha value is -0.410. The molecule has 1 heterocycles. The molecule has 0 aromatic rings. The second-order valence-corrected chi connectivity index (χ2v) is 2.69. The van der Waals surface area contributed by atoms with Crippen molar-refractivity contribution in [3.8, 4) is 0 Å². The molecular formula is C6H13N2O+. The predicted molar refractivity (Wildman–Crippen MR) is 36.1 cm³/mol. The Bertz CT molecular complexity index is 144. The molecule has 0 amide bonds. The van der Waals surface area contributed by atoms with Crippen LogP contribution in [-0.2, 0) is 0 Å². The third-order valence-corrected chi connectivity index (χ3v) is 2.03. The van der Waals surface area contributed by atoms with Gasteiger partial charge in [0.2, 0.25) is 0 Å². The van der Waals surface area contributed by atoms with Gasteiger partial charge in [0, 0.05) is 6.92 Å². The summed E-state index contributed by atoms with van der Waals surface area (Å²) in [5, 5.41) is 8.89. The van der Waals surface area contributed by atoms with Crippen LogP contribution in [0.1, 0.15) is 6.92 Å². The van der Waals surface area contributed by atoms with Gasteiger partial charge in [-0.25, -0.2) is 4.99 Å². The van der Waals surface area contributed by atoms with E-state index >= 15 is 0 Å². The minimum Gasteiger partial charge on any atom is -0.347 e. The van der Waals surface area contributed by atoms with Crippen LogP contribution < -0.4 is 0 Å². The lowest BCUT2D eigenvalue weighted by atomic mass is 10.5. The molecule has 1 atom stereocenters. The second kappa shape index (κ2) is 2.08. The molecule has 0 aliphatic carbocycles. The lowest BCUT2D eigenvalue weighted by Crippen LogP contribution is -2.46. The molecule has 1 aliphatic rings. The average molecular weight is 129 g/mol. The summed E-state index contributed by atoms with van der Waals surface area (Å²) in [6, 6.07) is 0. The lowest BCUT2D eigenvalue weighted by molar-refractivity contribution is -0.835. The molecule has 1 aliphatic heterocycles. The van der Waals surface area contributed by atoms with Crippen LogP contribution in [0.25, 0.3) is 0 Å². The Morgan fingerprint density at radius 2 is 2.44 bits per heavy atom. The number of rotatable bonds is 1. The lowest BCUT2D eigenvalue weighted by Gasteiger charge is -2.24. The molecule has 1 N–H and O–H groups in total. The third kappa shape index (κ3) is 0.976. The van der Waals surface area contributed by atoms with E-state index in [0.29, 0.717) is 4.48 Å². The van der Waals surface area contributed by atoms with Gasteiger partial charge in [0.25, 0.3) is 0 Å². The minimum absolute atomic E-state index is 0.176. The van der Waals surface area contributed by atoms with Gasteiger partial charge in [-0.1, -0.05) is 0 Å². The Morgan fingerprint density at radius 1 is 1.78 bits per heavy atom. The third-order valence-electron chi connectivity index (χ3n) is 2.03. The Balaban J connectivity index is 2.70. The zero-order chi connectivity index (χ0) is 6.91. The van der Waals surface area contributed by atoms with Gasteiger partial charge in [0.15, 0.2) is 12.6 Å². The highest BCUT2D eigenvalue weighted by molar-refractivity contribution is 5.73. The molecule has 0 aromatic heterocycles. The largest absolute Gasteiger partial charge is 0.347 e. The van der Waals surface area contributed by atoms with Crippen molar-refractivity contribution in [3.05, 3.63) is 0 Å². The zero-order valence-electron chi connectivity index (χ0n) is 5.96. The van der Waals surface area contributed by atoms with Crippen molar-refractivity contribution >= 4 is 5.84 Å². The summed E-state index contributed by atoms with van der Waals surface area (Å²) >= 11 is 0. The molecular weight excluding hydrogens is 116 g/mol. The van der Waals surface area contributed by atoms with E-state index in [2.05, 4.69) is 4.99 Å². The van der Waals surface area contributed by atoms with Crippen molar-refractivity contribution in [1.82, 2.24) is 0 Å². The van der Waals surface area contributed by atoms with Gasteiger partial charge in [-0.3, -0.25) is 4.48 Å². The van der Waals surface area contributed by atoms with Crippen LogP contribution in [0.4, 0.5) is 0 Å². The van der Waals surface area contributed by atoms with Crippen LogP contribution in [0.5, 0.6) is 0 Å². The van der Waals surface area contributed by atoms with Gasteiger partial charge in [0.05, 0.1) is 13.6 Å². The SMILES string of the molecule is CC1=NCC[N+]1(C)CO. The highest BCUT2D eigenvalue weighted by Crippen LogP contribution is 2.08. The smallest absolute Gasteiger partial charge is 0.196 e. The second-order valence-electron chi connectivity index (χ2n) is 2.69. The molecule has 0 bridgehead atoms. The van der Waals surface area contributed by atoms with E-state index in [9.17, 15) is 0 Å². The fraction of sp³-hybridized carbons (Fsp3) is 0.833. The fourth-order valence-electron chi connectivity index (χ4n) is 0.938. The van der Waals surface area contributed by atoms with Crippen LogP contribution in [0, 0.1) is 0 Å². The normalized spacial score (nSPS) is 34.8. The first-order chi connectivity index (χ1) is 4.19. The Morgan fingerprint density at radius 3 is 2.67 bits per heavy atom. The van der Waals surface area contributed by atoms with Crippen molar-refractivity contribution < 1.29 is 9.59 Å². The molecule has 0 spiro atoms. The molecule has 0 saturated carbocycles. The molecule has 9 heavy (non-hydrogen) atoms. The minimum atomic E-state index is 0.176. The monoisotopic (exact) mass is 129 g/mol. The summed E-state index contributed by atoms with van der Waals surface area (Å²) in [4.78, 5) is 4.19. The Labute approximate surface area is 55.2 Å². The first-order valence-electron chi connectivity index (χ1n) is 3.16. The molecule has 0 saturated heterocycles. The molecule has 52 valence electrons. The maximum absolute atomic E-state index is 8.89. The predicted octanol–water partition coefficient (Wildman–Crippen LogP) is -0.185. The average Bonchev–Trinajstić information content (AvgIpc) is 2.15. The summed E-state index contributed by atoms with van der Waals surface area (Å²) in [5.41, 5.74) is 0. The van der Waals surface area contributed by atoms with Gasteiger partial charge >= 0.3 is 0 Å². The first-order valence-corrected chi connectivity index (χ1v) is 3.16. The van der Waals surface area contributed by atoms with Crippen molar-refractivity contribution in [1.29, 1.82) is 0 Å². The van der Waals surface area contributed by atoms with Crippen LogP contribution in [-0.4, -0.2) is 42.3 Å². The molecule has 1 rings (SSSR count). The quantitative estimate of drug-likeness (QED) is 0.489. The topological polar surface area (TPSA) is 32.6 Å². The van der Waals surface area contributed by atoms with Crippen LogP contribution in [0.3, 0.4) is 0 Å². The molecule has 0 aromatic carbocycles. The fourth-order valence-corrected chi connectivity index (χ4v) is 0.938. The molecule has 0 radical (unpaired) electrons. The van der Waals surface area contributed by atoms with Gasteiger partial charge in [-0.15, -0.1) is 0 Å². The number of nitrogens with zero attached hydrogens (tertiary/aromatic N) is 2. The number of aliphatic hydroxyl groups excluding tert-OH is 1. The van der Waals surface area contributed by atoms with Crippen LogP contribution in [0.2, 0.25) is 0 Å². The maximum Gasteiger partial charge on any atom is 0.196 e. The van der Waals surface area contributed by atoms with Crippen molar-refractivity contribution in [3.63, 3.8) is 0 Å². The maximum atomic E-state index is 8.89.